The zero-order valence-electron chi connectivity index (χ0n) is 18.0. The van der Waals surface area contributed by atoms with E-state index in [0.717, 1.165) is 29.8 Å². The third-order valence-electron chi connectivity index (χ3n) is 4.56. The summed E-state index contributed by atoms with van der Waals surface area (Å²) < 4.78 is 5.12. The summed E-state index contributed by atoms with van der Waals surface area (Å²) in [6.45, 7) is 6.51. The van der Waals surface area contributed by atoms with E-state index in [4.69, 9.17) is 4.74 Å². The van der Waals surface area contributed by atoms with E-state index < -0.39 is 5.97 Å². The molecule has 3 aromatic rings. The molecule has 9 heteroatoms. The van der Waals surface area contributed by atoms with Crippen molar-refractivity contribution in [3.05, 3.63) is 46.2 Å². The number of pyridine rings is 1. The number of hydrogen-bond acceptors (Lipinski definition) is 8. The number of rotatable bonds is 10. The molecule has 31 heavy (non-hydrogen) atoms. The number of unbranched alkanes of at least 4 members (excludes halogenated alkanes) is 2. The number of ether oxygens (including phenoxy) is 1. The maximum absolute atomic E-state index is 13.2. The SMILES string of the molecule is CCCCCN(C(=O)Cc1csc(-c2cccnc2)n1)c1nc(C)c(C(=O)OCC)s1. The zero-order chi connectivity index (χ0) is 22.2. The van der Waals surface area contributed by atoms with Crippen LogP contribution in [-0.4, -0.2) is 40.0 Å². The van der Waals surface area contributed by atoms with Gasteiger partial charge in [-0.05, 0) is 32.4 Å². The maximum Gasteiger partial charge on any atom is 0.350 e. The summed E-state index contributed by atoms with van der Waals surface area (Å²) in [5.74, 6) is -0.478. The Morgan fingerprint density at radius 2 is 2.03 bits per heavy atom. The minimum Gasteiger partial charge on any atom is -0.462 e. The highest BCUT2D eigenvalue weighted by Gasteiger charge is 2.24. The average Bonchev–Trinajstić information content (AvgIpc) is 3.38. The van der Waals surface area contributed by atoms with Crippen molar-refractivity contribution >= 4 is 39.7 Å². The molecule has 0 spiro atoms. The summed E-state index contributed by atoms with van der Waals surface area (Å²) in [6.07, 6.45) is 6.59. The number of thiazole rings is 2. The molecule has 0 aromatic carbocycles. The van der Waals surface area contributed by atoms with Gasteiger partial charge in [0.25, 0.3) is 0 Å². The summed E-state index contributed by atoms with van der Waals surface area (Å²) in [5, 5.41) is 3.27. The molecule has 3 heterocycles. The third kappa shape index (κ3) is 5.95. The second kappa shape index (κ2) is 11.1. The van der Waals surface area contributed by atoms with Crippen LogP contribution in [0.25, 0.3) is 10.6 Å². The molecule has 3 rings (SSSR count). The smallest absolute Gasteiger partial charge is 0.350 e. The third-order valence-corrected chi connectivity index (χ3v) is 6.66. The summed E-state index contributed by atoms with van der Waals surface area (Å²) in [6, 6.07) is 3.81. The van der Waals surface area contributed by atoms with Gasteiger partial charge >= 0.3 is 5.97 Å². The zero-order valence-corrected chi connectivity index (χ0v) is 19.6. The van der Waals surface area contributed by atoms with Gasteiger partial charge in [0.05, 0.1) is 24.4 Å². The summed E-state index contributed by atoms with van der Waals surface area (Å²) >= 11 is 2.70. The Hall–Kier alpha value is -2.65. The highest BCUT2D eigenvalue weighted by atomic mass is 32.1. The van der Waals surface area contributed by atoms with Crippen LogP contribution in [0.5, 0.6) is 0 Å². The summed E-state index contributed by atoms with van der Waals surface area (Å²) in [5.41, 5.74) is 2.23. The first-order valence-corrected chi connectivity index (χ1v) is 12.0. The lowest BCUT2D eigenvalue weighted by Gasteiger charge is -2.19. The Balaban J connectivity index is 1.79. The molecule has 7 nitrogen and oxygen atoms in total. The molecule has 0 unspecified atom stereocenters. The molecule has 0 saturated heterocycles. The van der Waals surface area contributed by atoms with E-state index in [-0.39, 0.29) is 12.3 Å². The van der Waals surface area contributed by atoms with E-state index >= 15 is 0 Å². The lowest BCUT2D eigenvalue weighted by Crippen LogP contribution is -2.33. The predicted molar refractivity (Wildman–Crippen MR) is 124 cm³/mol. The molecule has 0 N–H and O–H groups in total. The summed E-state index contributed by atoms with van der Waals surface area (Å²) in [7, 11) is 0. The highest BCUT2D eigenvalue weighted by molar-refractivity contribution is 7.17. The molecule has 0 aliphatic carbocycles. The molecule has 164 valence electrons. The molecule has 0 radical (unpaired) electrons. The molecule has 0 fully saturated rings. The van der Waals surface area contributed by atoms with E-state index in [9.17, 15) is 9.59 Å². The normalized spacial score (nSPS) is 10.8. The minimum atomic E-state index is -0.398. The Morgan fingerprint density at radius 1 is 1.19 bits per heavy atom. The number of carbonyl (C=O) groups is 2. The first-order chi connectivity index (χ1) is 15.0. The van der Waals surface area contributed by atoms with Crippen molar-refractivity contribution in [1.82, 2.24) is 15.0 Å². The number of hydrogen-bond donors (Lipinski definition) is 0. The number of amides is 1. The quantitative estimate of drug-likeness (QED) is 0.317. The van der Waals surface area contributed by atoms with Crippen LogP contribution in [0.4, 0.5) is 5.13 Å². The van der Waals surface area contributed by atoms with Crippen molar-refractivity contribution in [2.45, 2.75) is 46.5 Å². The van der Waals surface area contributed by atoms with E-state index in [1.54, 1.807) is 31.1 Å². The molecule has 3 aromatic heterocycles. The van der Waals surface area contributed by atoms with Crippen molar-refractivity contribution in [3.8, 4) is 10.6 Å². The molecule has 0 atom stereocenters. The first kappa shape index (κ1) is 23.0. The molecular weight excluding hydrogens is 432 g/mol. The van der Waals surface area contributed by atoms with E-state index in [1.165, 1.54) is 22.7 Å². The van der Waals surface area contributed by atoms with Crippen LogP contribution in [0, 0.1) is 6.92 Å². The van der Waals surface area contributed by atoms with Crippen LogP contribution in [0.15, 0.2) is 29.9 Å². The fraction of sp³-hybridized carbons (Fsp3) is 0.409. The molecule has 0 saturated carbocycles. The van der Waals surface area contributed by atoms with Crippen molar-refractivity contribution in [2.75, 3.05) is 18.1 Å². The van der Waals surface area contributed by atoms with Crippen LogP contribution in [0.2, 0.25) is 0 Å². The first-order valence-electron chi connectivity index (χ1n) is 10.3. The number of nitrogens with zero attached hydrogens (tertiary/aromatic N) is 4. The summed E-state index contributed by atoms with van der Waals surface area (Å²) in [4.78, 5) is 40.8. The Morgan fingerprint density at radius 3 is 2.74 bits per heavy atom. The minimum absolute atomic E-state index is 0.0803. The fourth-order valence-corrected chi connectivity index (χ4v) is 4.81. The van der Waals surface area contributed by atoms with Crippen LogP contribution in [0.3, 0.4) is 0 Å². The topological polar surface area (TPSA) is 85.3 Å². The Bertz CT molecular complexity index is 1020. The highest BCUT2D eigenvalue weighted by Crippen LogP contribution is 2.29. The van der Waals surface area contributed by atoms with Gasteiger partial charge in [0.15, 0.2) is 5.13 Å². The number of anilines is 1. The van der Waals surface area contributed by atoms with Gasteiger partial charge in [0, 0.05) is 29.9 Å². The van der Waals surface area contributed by atoms with Crippen LogP contribution in [0.1, 0.15) is 54.2 Å². The van der Waals surface area contributed by atoms with Gasteiger partial charge in [-0.3, -0.25) is 14.7 Å². The second-order valence-corrected chi connectivity index (χ2v) is 8.78. The Labute approximate surface area is 190 Å². The largest absolute Gasteiger partial charge is 0.462 e. The van der Waals surface area contributed by atoms with E-state index in [2.05, 4.69) is 21.9 Å². The van der Waals surface area contributed by atoms with Crippen LogP contribution in [-0.2, 0) is 16.0 Å². The molecule has 0 aliphatic rings. The number of carbonyl (C=O) groups excluding carboxylic acids is 2. The van der Waals surface area contributed by atoms with Gasteiger partial charge in [-0.15, -0.1) is 11.3 Å². The monoisotopic (exact) mass is 458 g/mol. The van der Waals surface area contributed by atoms with Crippen molar-refractivity contribution in [1.29, 1.82) is 0 Å². The number of esters is 1. The van der Waals surface area contributed by atoms with Gasteiger partial charge in [-0.25, -0.2) is 14.8 Å². The average molecular weight is 459 g/mol. The van der Waals surface area contributed by atoms with E-state index in [1.807, 2.05) is 17.5 Å². The molecular formula is C22H26N4O3S2. The second-order valence-electron chi connectivity index (χ2n) is 6.95. The van der Waals surface area contributed by atoms with Crippen molar-refractivity contribution in [2.24, 2.45) is 0 Å². The van der Waals surface area contributed by atoms with Crippen LogP contribution < -0.4 is 4.90 Å². The molecule has 0 bridgehead atoms. The maximum atomic E-state index is 13.2. The number of aryl methyl sites for hydroxylation is 1. The van der Waals surface area contributed by atoms with Gasteiger partial charge in [-0.2, -0.15) is 0 Å². The lowest BCUT2D eigenvalue weighted by molar-refractivity contribution is -0.118. The lowest BCUT2D eigenvalue weighted by atomic mass is 10.2. The predicted octanol–water partition coefficient (Wildman–Crippen LogP) is 4.91. The Kier molecular flexibility index (Phi) is 8.25. The van der Waals surface area contributed by atoms with Gasteiger partial charge in [0.1, 0.15) is 9.88 Å². The van der Waals surface area contributed by atoms with Gasteiger partial charge in [0.2, 0.25) is 5.91 Å². The van der Waals surface area contributed by atoms with E-state index in [0.29, 0.717) is 34.5 Å². The van der Waals surface area contributed by atoms with Gasteiger partial charge in [-0.1, -0.05) is 31.1 Å². The van der Waals surface area contributed by atoms with Gasteiger partial charge < -0.3 is 4.74 Å². The molecule has 0 aliphatic heterocycles. The molecule has 1 amide bonds. The fourth-order valence-electron chi connectivity index (χ4n) is 2.99. The van der Waals surface area contributed by atoms with Crippen molar-refractivity contribution in [3.63, 3.8) is 0 Å². The standard InChI is InChI=1S/C22H26N4O3S2/c1-4-6-7-11-26(22-24-15(3)19(31-22)21(28)29-5-2)18(27)12-17-14-30-20(25-17)16-9-8-10-23-13-16/h8-10,13-14H,4-7,11-12H2,1-3H3. The van der Waals surface area contributed by atoms with Crippen LogP contribution >= 0.6 is 22.7 Å². The number of aromatic nitrogens is 3. The van der Waals surface area contributed by atoms with Crippen molar-refractivity contribution < 1.29 is 14.3 Å².